The molecule has 2 N–H and O–H groups in total. The van der Waals surface area contributed by atoms with Crippen LogP contribution in [0.3, 0.4) is 0 Å². The van der Waals surface area contributed by atoms with Crippen LogP contribution in [-0.4, -0.2) is 30.9 Å². The first-order valence-corrected chi connectivity index (χ1v) is 9.89. The van der Waals surface area contributed by atoms with Crippen molar-refractivity contribution in [3.8, 4) is 5.75 Å². The average Bonchev–Trinajstić information content (AvgIpc) is 2.72. The predicted molar refractivity (Wildman–Crippen MR) is 113 cm³/mol. The van der Waals surface area contributed by atoms with E-state index in [1.165, 1.54) is 43.3 Å². The van der Waals surface area contributed by atoms with Crippen molar-refractivity contribution in [2.75, 3.05) is 14.2 Å². The van der Waals surface area contributed by atoms with Gasteiger partial charge in [-0.15, -0.1) is 0 Å². The number of rotatable bonds is 4. The Balaban J connectivity index is 2.11. The zero-order chi connectivity index (χ0) is 24.1. The minimum atomic E-state index is -4.51. The number of hydrogen-bond acceptors (Lipinski definition) is 4. The lowest BCUT2D eigenvalue weighted by molar-refractivity contribution is -0.140. The first-order valence-electron chi connectivity index (χ1n) is 9.89. The highest BCUT2D eigenvalue weighted by atomic mass is 19.4. The number of benzene rings is 2. The van der Waals surface area contributed by atoms with Crippen molar-refractivity contribution in [1.82, 2.24) is 4.90 Å². The fourth-order valence-electron chi connectivity index (χ4n) is 3.94. The Bertz CT molecular complexity index is 1100. The van der Waals surface area contributed by atoms with Gasteiger partial charge in [-0.05, 0) is 56.2 Å². The molecule has 0 saturated carbocycles. The number of nitrogens with two attached hydrogens (primary N) is 1. The zero-order valence-corrected chi connectivity index (χ0v) is 18.5. The molecule has 1 aliphatic heterocycles. The lowest BCUT2D eigenvalue weighted by atomic mass is 9.67. The standard InChI is InChI=1S/C23H25F4N3O2/c1-21(2)19(31)30(4)20(28)29-22(21,3)16-11-13(6-8-17(16)24)10-14-12-15(23(25,26)27)7-9-18(14)32-5/h6-9,11-12H,10H2,1-5H3,(H2,28,29)/t22-/m1/s1. The Morgan fingerprint density at radius 3 is 2.38 bits per heavy atom. The van der Waals surface area contributed by atoms with Gasteiger partial charge in [-0.2, -0.15) is 13.2 Å². The van der Waals surface area contributed by atoms with Gasteiger partial charge in [0.15, 0.2) is 5.96 Å². The van der Waals surface area contributed by atoms with Crippen molar-refractivity contribution in [1.29, 1.82) is 0 Å². The van der Waals surface area contributed by atoms with Crippen LogP contribution in [0.15, 0.2) is 41.4 Å². The summed E-state index contributed by atoms with van der Waals surface area (Å²) in [6.45, 7) is 4.94. The second-order valence-electron chi connectivity index (χ2n) is 8.55. The highest BCUT2D eigenvalue weighted by Gasteiger charge is 2.53. The Hall–Kier alpha value is -3.10. The lowest BCUT2D eigenvalue weighted by Gasteiger charge is -2.46. The van der Waals surface area contributed by atoms with E-state index >= 15 is 0 Å². The number of halogens is 4. The molecule has 0 fully saturated rings. The topological polar surface area (TPSA) is 67.9 Å². The normalized spacial score (nSPS) is 20.8. The monoisotopic (exact) mass is 451 g/mol. The third-order valence-electron chi connectivity index (χ3n) is 6.30. The molecule has 1 heterocycles. The maximum absolute atomic E-state index is 15.0. The van der Waals surface area contributed by atoms with E-state index in [0.29, 0.717) is 11.1 Å². The van der Waals surface area contributed by atoms with Gasteiger partial charge in [0, 0.05) is 19.0 Å². The Kier molecular flexibility index (Phi) is 5.74. The number of aliphatic imine (C=N–C) groups is 1. The number of amides is 1. The number of carbonyl (C=O) groups is 1. The van der Waals surface area contributed by atoms with Crippen LogP contribution in [0, 0.1) is 11.2 Å². The van der Waals surface area contributed by atoms with E-state index in [-0.39, 0.29) is 29.6 Å². The molecule has 0 saturated heterocycles. The van der Waals surface area contributed by atoms with Crippen LogP contribution >= 0.6 is 0 Å². The zero-order valence-electron chi connectivity index (χ0n) is 18.5. The van der Waals surface area contributed by atoms with E-state index in [2.05, 4.69) is 4.99 Å². The maximum atomic E-state index is 15.0. The fourth-order valence-corrected chi connectivity index (χ4v) is 3.94. The molecule has 3 rings (SSSR count). The molecule has 32 heavy (non-hydrogen) atoms. The van der Waals surface area contributed by atoms with E-state index in [0.717, 1.165) is 12.1 Å². The van der Waals surface area contributed by atoms with Crippen LogP contribution in [0.1, 0.15) is 43.0 Å². The lowest BCUT2D eigenvalue weighted by Crippen LogP contribution is -2.58. The van der Waals surface area contributed by atoms with Gasteiger partial charge in [0.05, 0.1) is 18.1 Å². The van der Waals surface area contributed by atoms with Crippen LogP contribution in [0.25, 0.3) is 0 Å². The largest absolute Gasteiger partial charge is 0.496 e. The van der Waals surface area contributed by atoms with Gasteiger partial charge in [0.25, 0.3) is 0 Å². The molecule has 0 aliphatic carbocycles. The first kappa shape index (κ1) is 23.6. The number of methoxy groups -OCH3 is 1. The summed E-state index contributed by atoms with van der Waals surface area (Å²) in [4.78, 5) is 18.5. The van der Waals surface area contributed by atoms with Crippen LogP contribution in [0.4, 0.5) is 17.6 Å². The highest BCUT2D eigenvalue weighted by Crippen LogP contribution is 2.47. The second kappa shape index (κ2) is 7.79. The molecule has 0 bridgehead atoms. The quantitative estimate of drug-likeness (QED) is 0.698. The number of guanidine groups is 1. The summed E-state index contributed by atoms with van der Waals surface area (Å²) in [5.74, 6) is -0.667. The molecule has 0 radical (unpaired) electrons. The minimum absolute atomic E-state index is 0.0406. The summed E-state index contributed by atoms with van der Waals surface area (Å²) in [6.07, 6.45) is -4.45. The number of alkyl halides is 3. The van der Waals surface area contributed by atoms with Gasteiger partial charge >= 0.3 is 6.18 Å². The van der Waals surface area contributed by atoms with Gasteiger partial charge in [-0.25, -0.2) is 9.38 Å². The summed E-state index contributed by atoms with van der Waals surface area (Å²) in [7, 11) is 2.86. The van der Waals surface area contributed by atoms with Crippen molar-refractivity contribution < 1.29 is 27.1 Å². The van der Waals surface area contributed by atoms with Crippen LogP contribution in [-0.2, 0) is 22.9 Å². The average molecular weight is 451 g/mol. The molecule has 172 valence electrons. The molecular formula is C23H25F4N3O2. The van der Waals surface area contributed by atoms with Gasteiger partial charge < -0.3 is 10.5 Å². The summed E-state index contributed by atoms with van der Waals surface area (Å²) in [6, 6.07) is 7.45. The fraction of sp³-hybridized carbons (Fsp3) is 0.391. The molecule has 0 aromatic heterocycles. The van der Waals surface area contributed by atoms with Crippen molar-refractivity contribution in [3.05, 3.63) is 64.5 Å². The van der Waals surface area contributed by atoms with E-state index in [9.17, 15) is 22.4 Å². The summed E-state index contributed by atoms with van der Waals surface area (Å²) < 4.78 is 59.8. The van der Waals surface area contributed by atoms with Crippen molar-refractivity contribution in [3.63, 3.8) is 0 Å². The third-order valence-corrected chi connectivity index (χ3v) is 6.30. The Morgan fingerprint density at radius 1 is 1.12 bits per heavy atom. The number of hydrogen-bond donors (Lipinski definition) is 1. The summed E-state index contributed by atoms with van der Waals surface area (Å²) >= 11 is 0. The van der Waals surface area contributed by atoms with Crippen LogP contribution in [0.2, 0.25) is 0 Å². The highest BCUT2D eigenvalue weighted by molar-refractivity contribution is 6.01. The molecule has 5 nitrogen and oxygen atoms in total. The molecular weight excluding hydrogens is 426 g/mol. The van der Waals surface area contributed by atoms with Gasteiger partial charge in [-0.3, -0.25) is 9.69 Å². The maximum Gasteiger partial charge on any atom is 0.416 e. The molecule has 2 aromatic carbocycles. The van der Waals surface area contributed by atoms with Crippen molar-refractivity contribution in [2.24, 2.45) is 16.1 Å². The van der Waals surface area contributed by atoms with Crippen molar-refractivity contribution >= 4 is 11.9 Å². The predicted octanol–water partition coefficient (Wildman–Crippen LogP) is 4.47. The Labute approximate surface area is 183 Å². The second-order valence-corrected chi connectivity index (χ2v) is 8.55. The van der Waals surface area contributed by atoms with Gasteiger partial charge in [0.1, 0.15) is 17.1 Å². The molecule has 2 aromatic rings. The minimum Gasteiger partial charge on any atom is -0.496 e. The molecule has 0 spiro atoms. The molecule has 0 unspecified atom stereocenters. The molecule has 1 amide bonds. The molecule has 1 atom stereocenters. The summed E-state index contributed by atoms with van der Waals surface area (Å²) in [5, 5.41) is 0. The number of carbonyl (C=O) groups excluding carboxylic acids is 1. The van der Waals surface area contributed by atoms with E-state index < -0.39 is 28.5 Å². The first-order chi connectivity index (χ1) is 14.7. The third kappa shape index (κ3) is 3.80. The smallest absolute Gasteiger partial charge is 0.416 e. The Morgan fingerprint density at radius 2 is 1.78 bits per heavy atom. The molecule has 9 heteroatoms. The number of ether oxygens (including phenoxy) is 1. The van der Waals surface area contributed by atoms with Gasteiger partial charge in [0.2, 0.25) is 5.91 Å². The van der Waals surface area contributed by atoms with E-state index in [1.54, 1.807) is 20.8 Å². The van der Waals surface area contributed by atoms with E-state index in [1.807, 2.05) is 0 Å². The van der Waals surface area contributed by atoms with E-state index in [4.69, 9.17) is 10.5 Å². The molecule has 1 aliphatic rings. The van der Waals surface area contributed by atoms with Crippen LogP contribution < -0.4 is 10.5 Å². The SMILES string of the molecule is COc1ccc(C(F)(F)F)cc1Cc1ccc(F)c([C@@]2(C)N=C(N)N(C)C(=O)C2(C)C)c1. The number of nitrogens with zero attached hydrogens (tertiary/aromatic N) is 2. The summed E-state index contributed by atoms with van der Waals surface area (Å²) in [5.41, 5.74) is 3.64. The van der Waals surface area contributed by atoms with Gasteiger partial charge in [-0.1, -0.05) is 12.1 Å². The van der Waals surface area contributed by atoms with Crippen LogP contribution in [0.5, 0.6) is 5.75 Å². The van der Waals surface area contributed by atoms with Crippen molar-refractivity contribution in [2.45, 2.75) is 38.9 Å².